The van der Waals surface area contributed by atoms with Crippen LogP contribution in [0.5, 0.6) is 0 Å². The Morgan fingerprint density at radius 1 is 1.80 bits per heavy atom. The molecule has 4 nitrogen and oxygen atoms in total. The lowest BCUT2D eigenvalue weighted by Crippen LogP contribution is -1.89. The molecule has 4 heteroatoms. The maximum atomic E-state index is 6.91. The van der Waals surface area contributed by atoms with Crippen molar-refractivity contribution < 1.29 is 0 Å². The van der Waals surface area contributed by atoms with Gasteiger partial charge in [0.25, 0.3) is 0 Å². The van der Waals surface area contributed by atoms with Gasteiger partial charge in [0, 0.05) is 6.21 Å². The summed E-state index contributed by atoms with van der Waals surface area (Å²) in [5.74, 6) is 0. The van der Waals surface area contributed by atoms with Gasteiger partial charge in [-0.05, 0) is 6.20 Å². The minimum atomic E-state index is 0.653. The van der Waals surface area contributed by atoms with Gasteiger partial charge in [-0.3, -0.25) is 5.10 Å². The van der Waals surface area contributed by atoms with Crippen LogP contribution in [-0.2, 0) is 0 Å². The molecule has 3 N–H and O–H groups in total. The fourth-order valence-electron chi connectivity index (χ4n) is 0.631. The van der Waals surface area contributed by atoms with Crippen LogP contribution in [0, 0.1) is 5.41 Å². The number of H-pyrrole nitrogens is 1. The third-order valence-electron chi connectivity index (χ3n) is 1.07. The molecule has 52 valence electrons. The second-order valence-electron chi connectivity index (χ2n) is 1.69. The largest absolute Gasteiger partial charge is 0.359 e. The van der Waals surface area contributed by atoms with Gasteiger partial charge in [-0.25, -0.2) is 0 Å². The zero-order chi connectivity index (χ0) is 7.40. The number of nitrogens with one attached hydrogen (secondary N) is 3. The van der Waals surface area contributed by atoms with Crippen LogP contribution in [0.15, 0.2) is 19.0 Å². The molecule has 0 saturated heterocycles. The Balaban J connectivity index is 2.89. The molecule has 0 saturated carbocycles. The summed E-state index contributed by atoms with van der Waals surface area (Å²) in [6.07, 6.45) is 4.33. The van der Waals surface area contributed by atoms with E-state index in [-0.39, 0.29) is 0 Å². The van der Waals surface area contributed by atoms with E-state index in [1.54, 1.807) is 6.20 Å². The van der Waals surface area contributed by atoms with Gasteiger partial charge in [-0.15, -0.1) is 0 Å². The first-order valence-electron chi connectivity index (χ1n) is 2.79. The molecule has 1 rings (SSSR count). The summed E-state index contributed by atoms with van der Waals surface area (Å²) in [5, 5.41) is 16.1. The molecule has 0 spiro atoms. The highest BCUT2D eigenvalue weighted by Gasteiger charge is 1.96. The number of anilines is 1. The molecule has 0 aliphatic carbocycles. The Bertz CT molecular complexity index is 238. The van der Waals surface area contributed by atoms with E-state index in [1.807, 2.05) is 0 Å². The van der Waals surface area contributed by atoms with E-state index < -0.39 is 0 Å². The first kappa shape index (κ1) is 6.54. The zero-order valence-corrected chi connectivity index (χ0v) is 5.39. The summed E-state index contributed by atoms with van der Waals surface area (Å²) in [7, 11) is 0. The van der Waals surface area contributed by atoms with E-state index in [0.29, 0.717) is 5.69 Å². The van der Waals surface area contributed by atoms with Crippen molar-refractivity contribution in [2.75, 3.05) is 5.32 Å². The predicted octanol–water partition coefficient (Wildman–Crippen LogP) is 0.963. The Hall–Kier alpha value is -1.58. The number of aromatic amines is 1. The molecule has 10 heavy (non-hydrogen) atoms. The predicted molar refractivity (Wildman–Crippen MR) is 40.3 cm³/mol. The number of hydrogen-bond donors (Lipinski definition) is 3. The van der Waals surface area contributed by atoms with Gasteiger partial charge >= 0.3 is 0 Å². The molecule has 0 bridgehead atoms. The van der Waals surface area contributed by atoms with Crippen LogP contribution < -0.4 is 5.32 Å². The molecule has 0 amide bonds. The smallest absolute Gasteiger partial charge is 0.0988 e. The second kappa shape index (κ2) is 2.82. The Kier molecular flexibility index (Phi) is 1.84. The van der Waals surface area contributed by atoms with Crippen molar-refractivity contribution in [2.24, 2.45) is 0 Å². The minimum Gasteiger partial charge on any atom is -0.359 e. The van der Waals surface area contributed by atoms with Gasteiger partial charge in [0.1, 0.15) is 0 Å². The average molecular weight is 136 g/mol. The van der Waals surface area contributed by atoms with Crippen LogP contribution in [-0.4, -0.2) is 16.4 Å². The second-order valence-corrected chi connectivity index (χ2v) is 1.69. The lowest BCUT2D eigenvalue weighted by molar-refractivity contribution is 1.08. The first-order valence-corrected chi connectivity index (χ1v) is 2.79. The molecule has 1 aromatic rings. The highest BCUT2D eigenvalue weighted by atomic mass is 15.1. The van der Waals surface area contributed by atoms with Crippen LogP contribution in [0.1, 0.15) is 5.69 Å². The maximum Gasteiger partial charge on any atom is 0.0988 e. The Morgan fingerprint density at radius 2 is 2.60 bits per heavy atom. The fraction of sp³-hybridized carbons (Fsp3) is 0. The SMILES string of the molecule is C=CNc1cn[nH]c1C=N. The summed E-state index contributed by atoms with van der Waals surface area (Å²) in [5.41, 5.74) is 1.42. The van der Waals surface area contributed by atoms with Crippen molar-refractivity contribution in [1.82, 2.24) is 10.2 Å². The third-order valence-corrected chi connectivity index (χ3v) is 1.07. The average Bonchev–Trinajstić information content (AvgIpc) is 2.36. The monoisotopic (exact) mass is 136 g/mol. The molecule has 0 fully saturated rings. The Labute approximate surface area is 58.5 Å². The van der Waals surface area contributed by atoms with Crippen molar-refractivity contribution >= 4 is 11.9 Å². The number of aromatic nitrogens is 2. The third kappa shape index (κ3) is 1.05. The molecule has 0 aromatic carbocycles. The van der Waals surface area contributed by atoms with Crippen molar-refractivity contribution in [2.45, 2.75) is 0 Å². The standard InChI is InChI=1S/C6H8N4/c1-2-8-6-4-9-10-5(6)3-7/h2-4,7-8H,1H2,(H,9,10). The van der Waals surface area contributed by atoms with Gasteiger partial charge in [0.2, 0.25) is 0 Å². The van der Waals surface area contributed by atoms with E-state index >= 15 is 0 Å². The van der Waals surface area contributed by atoms with Crippen LogP contribution in [0.3, 0.4) is 0 Å². The summed E-state index contributed by atoms with van der Waals surface area (Å²) in [4.78, 5) is 0. The van der Waals surface area contributed by atoms with Crippen LogP contribution in [0.2, 0.25) is 0 Å². The van der Waals surface area contributed by atoms with Gasteiger partial charge in [-0.1, -0.05) is 6.58 Å². The summed E-state index contributed by atoms with van der Waals surface area (Å²) in [6, 6.07) is 0. The molecule has 0 unspecified atom stereocenters. The van der Waals surface area contributed by atoms with Crippen LogP contribution in [0.4, 0.5) is 5.69 Å². The number of rotatable bonds is 3. The summed E-state index contributed by atoms with van der Waals surface area (Å²) in [6.45, 7) is 3.48. The summed E-state index contributed by atoms with van der Waals surface area (Å²) < 4.78 is 0. The zero-order valence-electron chi connectivity index (χ0n) is 5.39. The van der Waals surface area contributed by atoms with Gasteiger partial charge in [0.05, 0.1) is 17.6 Å². The number of nitrogens with zero attached hydrogens (tertiary/aromatic N) is 1. The molecular weight excluding hydrogens is 128 g/mol. The van der Waals surface area contributed by atoms with Crippen LogP contribution in [0.25, 0.3) is 0 Å². The molecule has 0 aliphatic heterocycles. The molecule has 0 aliphatic rings. The van der Waals surface area contributed by atoms with Crippen molar-refractivity contribution in [1.29, 1.82) is 5.41 Å². The van der Waals surface area contributed by atoms with Gasteiger partial charge in [0.15, 0.2) is 0 Å². The molecule has 1 heterocycles. The minimum absolute atomic E-state index is 0.653. The van der Waals surface area contributed by atoms with Crippen molar-refractivity contribution in [3.05, 3.63) is 24.7 Å². The molecular formula is C6H8N4. The van der Waals surface area contributed by atoms with E-state index in [9.17, 15) is 0 Å². The van der Waals surface area contributed by atoms with Crippen molar-refractivity contribution in [3.8, 4) is 0 Å². The number of hydrogen-bond acceptors (Lipinski definition) is 3. The Morgan fingerprint density at radius 3 is 3.20 bits per heavy atom. The molecule has 0 atom stereocenters. The van der Waals surface area contributed by atoms with Gasteiger partial charge < -0.3 is 10.7 Å². The first-order chi connectivity index (χ1) is 4.88. The van der Waals surface area contributed by atoms with E-state index in [2.05, 4.69) is 22.1 Å². The van der Waals surface area contributed by atoms with E-state index in [1.165, 1.54) is 12.4 Å². The van der Waals surface area contributed by atoms with E-state index in [0.717, 1.165) is 5.69 Å². The lowest BCUT2D eigenvalue weighted by atomic mass is 10.4. The maximum absolute atomic E-state index is 6.91. The van der Waals surface area contributed by atoms with Crippen LogP contribution >= 0.6 is 0 Å². The fourth-order valence-corrected chi connectivity index (χ4v) is 0.631. The molecule has 0 radical (unpaired) electrons. The quantitative estimate of drug-likeness (QED) is 0.542. The lowest BCUT2D eigenvalue weighted by Gasteiger charge is -1.93. The highest BCUT2D eigenvalue weighted by Crippen LogP contribution is 2.07. The van der Waals surface area contributed by atoms with Crippen molar-refractivity contribution in [3.63, 3.8) is 0 Å². The normalized spacial score (nSPS) is 8.80. The molecule has 1 aromatic heterocycles. The van der Waals surface area contributed by atoms with E-state index in [4.69, 9.17) is 5.41 Å². The highest BCUT2D eigenvalue weighted by molar-refractivity contribution is 5.82. The topological polar surface area (TPSA) is 64.6 Å². The van der Waals surface area contributed by atoms with Gasteiger partial charge in [-0.2, -0.15) is 5.10 Å². The summed E-state index contributed by atoms with van der Waals surface area (Å²) >= 11 is 0.